The van der Waals surface area contributed by atoms with Gasteiger partial charge in [0.05, 0.1) is 11.5 Å². The van der Waals surface area contributed by atoms with Crippen molar-refractivity contribution < 1.29 is 27.5 Å². The molecule has 2 amide bonds. The van der Waals surface area contributed by atoms with Crippen molar-refractivity contribution in [3.63, 3.8) is 0 Å². The van der Waals surface area contributed by atoms with Crippen LogP contribution in [-0.2, 0) is 26.1 Å². The van der Waals surface area contributed by atoms with Gasteiger partial charge in [-0.3, -0.25) is 10.1 Å². The Bertz CT molecular complexity index is 992. The number of hydrogen-bond donors (Lipinski definition) is 2. The van der Waals surface area contributed by atoms with Gasteiger partial charge in [-0.25, -0.2) is 17.5 Å². The van der Waals surface area contributed by atoms with Gasteiger partial charge < -0.3 is 14.8 Å². The van der Waals surface area contributed by atoms with E-state index in [0.29, 0.717) is 17.0 Å². The van der Waals surface area contributed by atoms with Crippen molar-refractivity contribution >= 4 is 27.7 Å². The molecule has 0 radical (unpaired) electrons. The number of rotatable bonds is 9. The van der Waals surface area contributed by atoms with E-state index in [9.17, 15) is 18.0 Å². The average Bonchev–Trinajstić information content (AvgIpc) is 2.71. The van der Waals surface area contributed by atoms with Crippen molar-refractivity contribution in [1.82, 2.24) is 9.62 Å². The molecule has 10 heteroatoms. The maximum Gasteiger partial charge on any atom is 0.411 e. The molecule has 0 saturated carbocycles. The Kier molecular flexibility index (Phi) is 8.19. The molecule has 0 spiro atoms. The Labute approximate surface area is 176 Å². The molecule has 0 aliphatic rings. The Morgan fingerprint density at radius 3 is 2.50 bits per heavy atom. The van der Waals surface area contributed by atoms with Crippen LogP contribution in [0, 0.1) is 0 Å². The topological polar surface area (TPSA) is 114 Å². The molecule has 0 heterocycles. The lowest BCUT2D eigenvalue weighted by atomic mass is 10.2. The SMILES string of the molecule is CCOC(=O)Nc1cccc(OCC(=O)NCc2ccccc2S(=O)(=O)N(C)C)c1. The van der Waals surface area contributed by atoms with Crippen molar-refractivity contribution in [2.45, 2.75) is 18.4 Å². The molecule has 0 aliphatic carbocycles. The van der Waals surface area contributed by atoms with Gasteiger partial charge in [0.1, 0.15) is 5.75 Å². The van der Waals surface area contributed by atoms with E-state index in [-0.39, 0.29) is 24.7 Å². The number of carbonyl (C=O) groups excluding carboxylic acids is 2. The predicted molar refractivity (Wildman–Crippen MR) is 112 cm³/mol. The zero-order chi connectivity index (χ0) is 22.1. The molecule has 0 atom stereocenters. The van der Waals surface area contributed by atoms with Gasteiger partial charge in [0, 0.05) is 32.4 Å². The van der Waals surface area contributed by atoms with Gasteiger partial charge in [-0.05, 0) is 30.7 Å². The van der Waals surface area contributed by atoms with E-state index in [2.05, 4.69) is 10.6 Å². The first kappa shape index (κ1) is 23.2. The molecule has 30 heavy (non-hydrogen) atoms. The van der Waals surface area contributed by atoms with Crippen LogP contribution in [-0.4, -0.2) is 52.0 Å². The molecule has 0 aliphatic heterocycles. The molecule has 162 valence electrons. The van der Waals surface area contributed by atoms with Gasteiger partial charge in [-0.2, -0.15) is 0 Å². The second-order valence-electron chi connectivity index (χ2n) is 6.33. The summed E-state index contributed by atoms with van der Waals surface area (Å²) in [7, 11) is -0.728. The number of amides is 2. The Balaban J connectivity index is 1.93. The summed E-state index contributed by atoms with van der Waals surface area (Å²) in [5.74, 6) is -0.0363. The van der Waals surface area contributed by atoms with E-state index >= 15 is 0 Å². The second kappa shape index (κ2) is 10.6. The summed E-state index contributed by atoms with van der Waals surface area (Å²) in [6.45, 7) is 1.72. The van der Waals surface area contributed by atoms with Crippen molar-refractivity contribution in [3.05, 3.63) is 54.1 Å². The first-order valence-electron chi connectivity index (χ1n) is 9.17. The van der Waals surface area contributed by atoms with Crippen molar-refractivity contribution in [2.75, 3.05) is 32.6 Å². The first-order valence-corrected chi connectivity index (χ1v) is 10.6. The third kappa shape index (κ3) is 6.46. The van der Waals surface area contributed by atoms with E-state index in [1.165, 1.54) is 20.2 Å². The molecule has 2 aromatic carbocycles. The predicted octanol–water partition coefficient (Wildman–Crippen LogP) is 2.20. The third-order valence-corrected chi connectivity index (χ3v) is 5.85. The number of anilines is 1. The Morgan fingerprint density at radius 2 is 1.80 bits per heavy atom. The number of ether oxygens (including phenoxy) is 2. The van der Waals surface area contributed by atoms with E-state index in [4.69, 9.17) is 9.47 Å². The van der Waals surface area contributed by atoms with Crippen LogP contribution in [0.25, 0.3) is 0 Å². The van der Waals surface area contributed by atoms with Crippen LogP contribution in [0.1, 0.15) is 12.5 Å². The highest BCUT2D eigenvalue weighted by molar-refractivity contribution is 7.89. The highest BCUT2D eigenvalue weighted by Gasteiger charge is 2.20. The molecule has 0 fully saturated rings. The average molecular weight is 436 g/mol. The number of hydrogen-bond acceptors (Lipinski definition) is 6. The summed E-state index contributed by atoms with van der Waals surface area (Å²) < 4.78 is 36.2. The molecule has 9 nitrogen and oxygen atoms in total. The number of sulfonamides is 1. The van der Waals surface area contributed by atoms with E-state index in [0.717, 1.165) is 4.31 Å². The van der Waals surface area contributed by atoms with E-state index < -0.39 is 22.0 Å². The van der Waals surface area contributed by atoms with Crippen LogP contribution in [0.3, 0.4) is 0 Å². The standard InChI is InChI=1S/C20H25N3O6S/c1-4-28-20(25)22-16-9-7-10-17(12-16)29-14-19(24)21-13-15-8-5-6-11-18(15)30(26,27)23(2)3/h5-12H,4,13-14H2,1-3H3,(H,21,24)(H,22,25). The minimum atomic E-state index is -3.62. The van der Waals surface area contributed by atoms with E-state index in [1.54, 1.807) is 49.4 Å². The van der Waals surface area contributed by atoms with Crippen LogP contribution in [0.2, 0.25) is 0 Å². The first-order chi connectivity index (χ1) is 14.2. The third-order valence-electron chi connectivity index (χ3n) is 3.93. The Hall–Kier alpha value is -3.11. The molecule has 2 N–H and O–H groups in total. The number of carbonyl (C=O) groups is 2. The molecular formula is C20H25N3O6S. The van der Waals surface area contributed by atoms with Crippen molar-refractivity contribution in [1.29, 1.82) is 0 Å². The quantitative estimate of drug-likeness (QED) is 0.624. The lowest BCUT2D eigenvalue weighted by Gasteiger charge is -2.15. The number of nitrogens with zero attached hydrogens (tertiary/aromatic N) is 1. The van der Waals surface area contributed by atoms with E-state index in [1.807, 2.05) is 0 Å². The molecule has 0 saturated heterocycles. The number of nitrogens with one attached hydrogen (secondary N) is 2. The molecule has 0 bridgehead atoms. The van der Waals surface area contributed by atoms with Gasteiger partial charge in [-0.15, -0.1) is 0 Å². The van der Waals surface area contributed by atoms with Gasteiger partial charge in [0.2, 0.25) is 10.0 Å². The fourth-order valence-corrected chi connectivity index (χ4v) is 3.56. The summed E-state index contributed by atoms with van der Waals surface area (Å²) in [5, 5.41) is 5.19. The summed E-state index contributed by atoms with van der Waals surface area (Å²) >= 11 is 0. The van der Waals surface area contributed by atoms with Crippen molar-refractivity contribution in [2.24, 2.45) is 0 Å². The zero-order valence-electron chi connectivity index (χ0n) is 17.0. The highest BCUT2D eigenvalue weighted by atomic mass is 32.2. The monoisotopic (exact) mass is 435 g/mol. The van der Waals surface area contributed by atoms with Crippen LogP contribution in [0.5, 0.6) is 5.75 Å². The van der Waals surface area contributed by atoms with Crippen LogP contribution in [0.15, 0.2) is 53.4 Å². The van der Waals surface area contributed by atoms with Crippen LogP contribution in [0.4, 0.5) is 10.5 Å². The largest absolute Gasteiger partial charge is 0.484 e. The van der Waals surface area contributed by atoms with Crippen LogP contribution >= 0.6 is 0 Å². The second-order valence-corrected chi connectivity index (χ2v) is 8.45. The minimum Gasteiger partial charge on any atom is -0.484 e. The normalized spacial score (nSPS) is 11.1. The summed E-state index contributed by atoms with van der Waals surface area (Å²) in [5.41, 5.74) is 0.939. The van der Waals surface area contributed by atoms with Gasteiger partial charge >= 0.3 is 6.09 Å². The van der Waals surface area contributed by atoms with Gasteiger partial charge in [0.15, 0.2) is 6.61 Å². The Morgan fingerprint density at radius 1 is 1.07 bits per heavy atom. The van der Waals surface area contributed by atoms with Gasteiger partial charge in [-0.1, -0.05) is 24.3 Å². The summed E-state index contributed by atoms with van der Waals surface area (Å²) in [6, 6.07) is 13.0. The lowest BCUT2D eigenvalue weighted by Crippen LogP contribution is -2.30. The molecule has 0 aromatic heterocycles. The van der Waals surface area contributed by atoms with Gasteiger partial charge in [0.25, 0.3) is 5.91 Å². The maximum atomic E-state index is 12.4. The zero-order valence-corrected chi connectivity index (χ0v) is 17.9. The van der Waals surface area contributed by atoms with Crippen molar-refractivity contribution in [3.8, 4) is 5.75 Å². The molecular weight excluding hydrogens is 410 g/mol. The minimum absolute atomic E-state index is 0.0376. The highest BCUT2D eigenvalue weighted by Crippen LogP contribution is 2.19. The van der Waals surface area contributed by atoms with Crippen LogP contribution < -0.4 is 15.4 Å². The fraction of sp³-hybridized carbons (Fsp3) is 0.300. The lowest BCUT2D eigenvalue weighted by molar-refractivity contribution is -0.123. The maximum absolute atomic E-state index is 12.4. The summed E-state index contributed by atoms with van der Waals surface area (Å²) in [6.07, 6.45) is -0.585. The molecule has 0 unspecified atom stereocenters. The fourth-order valence-electron chi connectivity index (χ4n) is 2.44. The molecule has 2 aromatic rings. The summed E-state index contributed by atoms with van der Waals surface area (Å²) in [4.78, 5) is 23.7. The smallest absolute Gasteiger partial charge is 0.411 e. The molecule has 2 rings (SSSR count). The number of benzene rings is 2.